The van der Waals surface area contributed by atoms with Crippen LogP contribution in [0, 0.1) is 0 Å². The van der Waals surface area contributed by atoms with Crippen LogP contribution in [0.3, 0.4) is 0 Å². The first-order chi connectivity index (χ1) is 16.4. The summed E-state index contributed by atoms with van der Waals surface area (Å²) in [7, 11) is 1.13. The van der Waals surface area contributed by atoms with E-state index < -0.39 is 71.8 Å². The van der Waals surface area contributed by atoms with Crippen molar-refractivity contribution in [2.24, 2.45) is 5.11 Å². The first-order valence-electron chi connectivity index (χ1n) is 10.5. The number of nitrogens with zero attached hydrogens (tertiary/aromatic N) is 3. The molecular formula is C20H29N3O11S. The minimum Gasteiger partial charge on any atom is -0.466 e. The number of hydrogen-bond donors (Lipinski definition) is 0. The van der Waals surface area contributed by atoms with Crippen LogP contribution in [-0.4, -0.2) is 84.7 Å². The van der Waals surface area contributed by atoms with Crippen LogP contribution in [0.4, 0.5) is 0 Å². The molecule has 15 heteroatoms. The first-order valence-corrected chi connectivity index (χ1v) is 11.5. The molecule has 0 N–H and O–H groups in total. The van der Waals surface area contributed by atoms with Crippen molar-refractivity contribution in [3.8, 4) is 0 Å². The Kier molecular flexibility index (Phi) is 11.8. The average Bonchev–Trinajstić information content (AvgIpc) is 2.75. The Bertz CT molecular complexity index is 863. The highest BCUT2D eigenvalue weighted by Gasteiger charge is 2.57. The standard InChI is InChI=1S/C20H29N3O11S/c1-7-35-20(19(28)29-6)8-14(31-11(3)25)16(22-23-21)18(34-20)17(33-13(5)27)15(32-12(4)26)9-30-10(2)24/h14-18H,7-9H2,1-6H3/t14-,15+,16+,17+,18+,20-/m0/s1. The fourth-order valence-electron chi connectivity index (χ4n) is 3.55. The van der Waals surface area contributed by atoms with E-state index in [-0.39, 0.29) is 6.42 Å². The minimum absolute atomic E-state index is 0.257. The largest absolute Gasteiger partial charge is 0.466 e. The second-order valence-electron chi connectivity index (χ2n) is 7.33. The zero-order chi connectivity index (χ0) is 26.8. The maximum atomic E-state index is 12.9. The van der Waals surface area contributed by atoms with E-state index >= 15 is 0 Å². The number of hydrogen-bond acceptors (Lipinski definition) is 13. The Morgan fingerprint density at radius 3 is 2.17 bits per heavy atom. The molecule has 1 saturated heterocycles. The Morgan fingerprint density at radius 1 is 1.09 bits per heavy atom. The van der Waals surface area contributed by atoms with Gasteiger partial charge in [0, 0.05) is 39.0 Å². The average molecular weight is 520 g/mol. The number of esters is 5. The smallest absolute Gasteiger partial charge is 0.348 e. The van der Waals surface area contributed by atoms with Crippen LogP contribution in [0.1, 0.15) is 41.0 Å². The molecule has 0 unspecified atom stereocenters. The highest BCUT2D eigenvalue weighted by molar-refractivity contribution is 8.01. The molecule has 0 spiro atoms. The third kappa shape index (κ3) is 8.60. The predicted octanol–water partition coefficient (Wildman–Crippen LogP) is 1.43. The highest BCUT2D eigenvalue weighted by Crippen LogP contribution is 2.43. The third-order valence-electron chi connectivity index (χ3n) is 4.65. The number of ether oxygens (including phenoxy) is 6. The third-order valence-corrected chi connectivity index (χ3v) is 5.84. The quantitative estimate of drug-likeness (QED) is 0.126. The van der Waals surface area contributed by atoms with E-state index in [9.17, 15) is 29.5 Å². The second kappa shape index (κ2) is 13.8. The molecule has 0 aliphatic carbocycles. The van der Waals surface area contributed by atoms with Gasteiger partial charge in [0.1, 0.15) is 24.9 Å². The fraction of sp³-hybridized carbons (Fsp3) is 0.750. The van der Waals surface area contributed by atoms with Crippen molar-refractivity contribution in [1.29, 1.82) is 0 Å². The van der Waals surface area contributed by atoms with Crippen molar-refractivity contribution in [2.75, 3.05) is 19.5 Å². The maximum Gasteiger partial charge on any atom is 0.348 e. The van der Waals surface area contributed by atoms with E-state index in [1.807, 2.05) is 0 Å². The lowest BCUT2D eigenvalue weighted by atomic mass is 9.90. The zero-order valence-electron chi connectivity index (χ0n) is 20.2. The van der Waals surface area contributed by atoms with E-state index in [4.69, 9.17) is 28.4 Å². The van der Waals surface area contributed by atoms with Crippen molar-refractivity contribution < 1.29 is 52.4 Å². The van der Waals surface area contributed by atoms with Gasteiger partial charge >= 0.3 is 29.8 Å². The van der Waals surface area contributed by atoms with Gasteiger partial charge in [-0.15, -0.1) is 11.8 Å². The van der Waals surface area contributed by atoms with Gasteiger partial charge in [-0.1, -0.05) is 12.0 Å². The van der Waals surface area contributed by atoms with Crippen molar-refractivity contribution in [2.45, 2.75) is 76.4 Å². The van der Waals surface area contributed by atoms with Crippen LogP contribution in [0.5, 0.6) is 0 Å². The molecule has 196 valence electrons. The summed E-state index contributed by atoms with van der Waals surface area (Å²) in [5.41, 5.74) is 9.20. The molecule has 14 nitrogen and oxygen atoms in total. The number of carbonyl (C=O) groups excluding carboxylic acids is 5. The van der Waals surface area contributed by atoms with Crippen LogP contribution >= 0.6 is 11.8 Å². The molecule has 0 aromatic heterocycles. The van der Waals surface area contributed by atoms with Gasteiger partial charge in [-0.2, -0.15) is 0 Å². The van der Waals surface area contributed by atoms with Crippen molar-refractivity contribution >= 4 is 41.6 Å². The van der Waals surface area contributed by atoms with Gasteiger partial charge in [0.15, 0.2) is 12.2 Å². The van der Waals surface area contributed by atoms with Gasteiger partial charge in [0.2, 0.25) is 4.93 Å². The molecule has 0 aromatic carbocycles. The molecule has 0 saturated carbocycles. The summed E-state index contributed by atoms with van der Waals surface area (Å²) in [4.78, 5) is 60.9. The summed E-state index contributed by atoms with van der Waals surface area (Å²) in [5, 5.41) is 3.67. The Morgan fingerprint density at radius 2 is 1.71 bits per heavy atom. The molecule has 1 heterocycles. The van der Waals surface area contributed by atoms with Crippen molar-refractivity contribution in [3.63, 3.8) is 0 Å². The van der Waals surface area contributed by atoms with Crippen LogP contribution < -0.4 is 0 Å². The molecule has 1 aliphatic rings. The van der Waals surface area contributed by atoms with Crippen molar-refractivity contribution in [3.05, 3.63) is 10.4 Å². The molecule has 0 bridgehead atoms. The van der Waals surface area contributed by atoms with E-state index in [0.717, 1.165) is 46.6 Å². The van der Waals surface area contributed by atoms with Gasteiger partial charge in [-0.25, -0.2) is 4.79 Å². The molecular weight excluding hydrogens is 490 g/mol. The summed E-state index contributed by atoms with van der Waals surface area (Å²) >= 11 is 1.01. The second-order valence-corrected chi connectivity index (χ2v) is 8.86. The Labute approximate surface area is 205 Å². The molecule has 6 atom stereocenters. The van der Waals surface area contributed by atoms with Gasteiger partial charge in [0.05, 0.1) is 7.11 Å². The number of rotatable bonds is 11. The molecule has 0 aromatic rings. The maximum absolute atomic E-state index is 12.9. The summed E-state index contributed by atoms with van der Waals surface area (Å²) < 4.78 is 32.0. The number of methoxy groups -OCH3 is 1. The topological polar surface area (TPSA) is 189 Å². The van der Waals surface area contributed by atoms with Gasteiger partial charge in [-0.3, -0.25) is 19.2 Å². The van der Waals surface area contributed by atoms with E-state index in [1.54, 1.807) is 6.92 Å². The van der Waals surface area contributed by atoms with Gasteiger partial charge in [0.25, 0.3) is 0 Å². The van der Waals surface area contributed by atoms with E-state index in [2.05, 4.69) is 10.0 Å². The lowest BCUT2D eigenvalue weighted by Gasteiger charge is -2.47. The van der Waals surface area contributed by atoms with Gasteiger partial charge in [-0.05, 0) is 11.3 Å². The summed E-state index contributed by atoms with van der Waals surface area (Å²) in [6.07, 6.45) is -5.95. The molecule has 1 aliphatic heterocycles. The Balaban J connectivity index is 3.73. The van der Waals surface area contributed by atoms with Crippen LogP contribution in [0.2, 0.25) is 0 Å². The molecule has 0 amide bonds. The Hall–Kier alpha value is -3.03. The van der Waals surface area contributed by atoms with E-state index in [1.165, 1.54) is 0 Å². The monoisotopic (exact) mass is 519 g/mol. The zero-order valence-corrected chi connectivity index (χ0v) is 21.1. The minimum atomic E-state index is -1.77. The first kappa shape index (κ1) is 30.0. The number of carbonyl (C=O) groups is 5. The molecule has 1 fully saturated rings. The summed E-state index contributed by atoms with van der Waals surface area (Å²) in [6.45, 7) is 5.55. The van der Waals surface area contributed by atoms with E-state index in [0.29, 0.717) is 5.75 Å². The normalized spacial score (nSPS) is 25.1. The van der Waals surface area contributed by atoms with Crippen LogP contribution in [-0.2, 0) is 52.4 Å². The number of azide groups is 1. The van der Waals surface area contributed by atoms with Crippen molar-refractivity contribution in [1.82, 2.24) is 0 Å². The fourth-order valence-corrected chi connectivity index (χ4v) is 4.68. The van der Waals surface area contributed by atoms with Crippen LogP contribution in [0.25, 0.3) is 10.4 Å². The van der Waals surface area contributed by atoms with Crippen LogP contribution in [0.15, 0.2) is 5.11 Å². The lowest BCUT2D eigenvalue weighted by molar-refractivity contribution is -0.221. The molecule has 35 heavy (non-hydrogen) atoms. The highest BCUT2D eigenvalue weighted by atomic mass is 32.2. The number of thioether (sulfide) groups is 1. The molecule has 0 radical (unpaired) electrons. The SMILES string of the molecule is CCS[C@]1(C(=O)OC)C[C@H](OC(C)=O)[C@@H](N=[N+]=[N-])[C@H]([C@H](OC(C)=O)[C@@H](COC(C)=O)OC(C)=O)O1. The predicted molar refractivity (Wildman–Crippen MR) is 119 cm³/mol. The van der Waals surface area contributed by atoms with Gasteiger partial charge < -0.3 is 28.4 Å². The lowest BCUT2D eigenvalue weighted by Crippen LogP contribution is -2.63. The summed E-state index contributed by atoms with van der Waals surface area (Å²) in [5.74, 6) is -3.61. The summed E-state index contributed by atoms with van der Waals surface area (Å²) in [6, 6.07) is -1.33. The molecule has 1 rings (SSSR count).